The molecule has 0 fully saturated rings. The lowest BCUT2D eigenvalue weighted by Crippen LogP contribution is -2.32. The summed E-state index contributed by atoms with van der Waals surface area (Å²) in [6, 6.07) is 13.2. The van der Waals surface area contributed by atoms with E-state index in [9.17, 15) is 0 Å². The molecule has 1 unspecified atom stereocenters. The van der Waals surface area contributed by atoms with Crippen molar-refractivity contribution >= 4 is 22.4 Å². The average molecular weight is 230 g/mol. The molecule has 0 amide bonds. The Kier molecular flexibility index (Phi) is 2.04. The fourth-order valence-electron chi connectivity index (χ4n) is 3.09. The van der Waals surface area contributed by atoms with Crippen LogP contribution in [0.25, 0.3) is 22.4 Å². The van der Waals surface area contributed by atoms with Crippen LogP contribution < -0.4 is 10.4 Å². The van der Waals surface area contributed by atoms with Crippen molar-refractivity contribution in [3.63, 3.8) is 0 Å². The summed E-state index contributed by atoms with van der Waals surface area (Å²) in [4.78, 5) is 0. The summed E-state index contributed by atoms with van der Waals surface area (Å²) in [5, 5.41) is 5.54. The maximum Gasteiger partial charge on any atom is 0.00620 e. The number of hydrogen-bond acceptors (Lipinski definition) is 0. The Morgan fingerprint density at radius 3 is 2.89 bits per heavy atom. The lowest BCUT2D eigenvalue weighted by Gasteiger charge is -2.19. The maximum atomic E-state index is 2.40. The highest BCUT2D eigenvalue weighted by Gasteiger charge is 2.15. The van der Waals surface area contributed by atoms with E-state index in [1.807, 2.05) is 0 Å². The van der Waals surface area contributed by atoms with Gasteiger partial charge in [0.2, 0.25) is 0 Å². The van der Waals surface area contributed by atoms with Gasteiger partial charge in [0.1, 0.15) is 0 Å². The molecule has 0 aromatic heterocycles. The summed E-state index contributed by atoms with van der Waals surface area (Å²) in [6.45, 7) is 0. The van der Waals surface area contributed by atoms with E-state index in [2.05, 4.69) is 66.8 Å². The largest absolute Gasteiger partial charge is 0.0767 e. The summed E-state index contributed by atoms with van der Waals surface area (Å²) >= 11 is 0. The van der Waals surface area contributed by atoms with Crippen LogP contribution in [0.1, 0.15) is 6.42 Å². The molecule has 0 radical (unpaired) electrons. The first kappa shape index (κ1) is 9.90. The van der Waals surface area contributed by atoms with Gasteiger partial charge in [-0.1, -0.05) is 66.8 Å². The van der Waals surface area contributed by atoms with Gasteiger partial charge in [-0.25, -0.2) is 0 Å². The van der Waals surface area contributed by atoms with E-state index in [1.54, 1.807) is 0 Å². The lowest BCUT2D eigenvalue weighted by atomic mass is 9.85. The van der Waals surface area contributed by atoms with E-state index in [-0.39, 0.29) is 0 Å². The molecule has 0 N–H and O–H groups in total. The molecule has 2 aromatic rings. The van der Waals surface area contributed by atoms with E-state index < -0.39 is 0 Å². The van der Waals surface area contributed by atoms with Crippen molar-refractivity contribution in [2.24, 2.45) is 5.92 Å². The Labute approximate surface area is 106 Å². The second-order valence-electron chi connectivity index (χ2n) is 4.99. The zero-order valence-electron chi connectivity index (χ0n) is 10.1. The van der Waals surface area contributed by atoms with Crippen LogP contribution in [0.5, 0.6) is 0 Å². The molecule has 18 heavy (non-hydrogen) atoms. The predicted molar refractivity (Wildman–Crippen MR) is 77.5 cm³/mol. The van der Waals surface area contributed by atoms with Crippen LogP contribution in [0.3, 0.4) is 0 Å². The maximum absolute atomic E-state index is 2.40. The van der Waals surface area contributed by atoms with Gasteiger partial charge in [-0.2, -0.15) is 0 Å². The van der Waals surface area contributed by atoms with Crippen molar-refractivity contribution in [1.29, 1.82) is 0 Å². The molecular weight excluding hydrogens is 216 g/mol. The third-order valence-electron chi connectivity index (χ3n) is 3.99. The minimum atomic E-state index is 0.573. The van der Waals surface area contributed by atoms with Crippen molar-refractivity contribution in [2.75, 3.05) is 0 Å². The van der Waals surface area contributed by atoms with Crippen molar-refractivity contribution in [3.8, 4) is 0 Å². The van der Waals surface area contributed by atoms with Crippen LogP contribution in [0, 0.1) is 5.92 Å². The molecule has 4 rings (SSSR count). The molecule has 0 heteroatoms. The summed E-state index contributed by atoms with van der Waals surface area (Å²) < 4.78 is 0. The first-order valence-corrected chi connectivity index (χ1v) is 6.50. The normalized spacial score (nSPS) is 20.4. The molecule has 0 saturated carbocycles. The number of rotatable bonds is 0. The second kappa shape index (κ2) is 3.71. The van der Waals surface area contributed by atoms with E-state index >= 15 is 0 Å². The molecule has 0 spiro atoms. The zero-order valence-corrected chi connectivity index (χ0v) is 10.1. The molecule has 2 aliphatic carbocycles. The van der Waals surface area contributed by atoms with Crippen LogP contribution in [0.15, 0.2) is 60.7 Å². The topological polar surface area (TPSA) is 0 Å². The van der Waals surface area contributed by atoms with Gasteiger partial charge in [0, 0.05) is 5.92 Å². The van der Waals surface area contributed by atoms with Crippen LogP contribution in [-0.2, 0) is 0 Å². The van der Waals surface area contributed by atoms with Gasteiger partial charge < -0.3 is 0 Å². The number of hydrogen-bond donors (Lipinski definition) is 0. The fourth-order valence-corrected chi connectivity index (χ4v) is 3.09. The summed E-state index contributed by atoms with van der Waals surface area (Å²) in [5.41, 5.74) is 1.47. The van der Waals surface area contributed by atoms with Crippen LogP contribution in [0.4, 0.5) is 0 Å². The molecule has 86 valence electrons. The molecular formula is C18H14. The minimum Gasteiger partial charge on any atom is -0.0767 e. The van der Waals surface area contributed by atoms with Gasteiger partial charge in [0.25, 0.3) is 0 Å². The molecule has 0 heterocycles. The van der Waals surface area contributed by atoms with Crippen LogP contribution in [-0.4, -0.2) is 0 Å². The van der Waals surface area contributed by atoms with Gasteiger partial charge in [-0.3, -0.25) is 0 Å². The van der Waals surface area contributed by atoms with Crippen LogP contribution in [0.2, 0.25) is 0 Å². The van der Waals surface area contributed by atoms with Gasteiger partial charge in [-0.15, -0.1) is 0 Å². The number of fused-ring (bicyclic) bond motifs is 4. The van der Waals surface area contributed by atoms with Crippen molar-refractivity contribution in [2.45, 2.75) is 6.42 Å². The highest BCUT2D eigenvalue weighted by molar-refractivity contribution is 5.85. The summed E-state index contributed by atoms with van der Waals surface area (Å²) in [5.74, 6) is 0.573. The Morgan fingerprint density at radius 1 is 0.944 bits per heavy atom. The average Bonchev–Trinajstić information content (AvgIpc) is 2.46. The predicted octanol–water partition coefficient (Wildman–Crippen LogP) is 2.92. The second-order valence-corrected chi connectivity index (χ2v) is 4.99. The highest BCUT2D eigenvalue weighted by Crippen LogP contribution is 2.24. The van der Waals surface area contributed by atoms with Crippen molar-refractivity contribution < 1.29 is 0 Å². The Bertz CT molecular complexity index is 804. The van der Waals surface area contributed by atoms with Gasteiger partial charge in [0.15, 0.2) is 0 Å². The fraction of sp³-hybridized carbons (Fsp3) is 0.111. The summed E-state index contributed by atoms with van der Waals surface area (Å²) in [6.07, 6.45) is 12.4. The smallest absolute Gasteiger partial charge is 0.00620 e. The first-order chi connectivity index (χ1) is 8.93. The van der Waals surface area contributed by atoms with Crippen molar-refractivity contribution in [3.05, 3.63) is 71.1 Å². The first-order valence-electron chi connectivity index (χ1n) is 6.50. The van der Waals surface area contributed by atoms with Crippen molar-refractivity contribution in [1.82, 2.24) is 0 Å². The van der Waals surface area contributed by atoms with E-state index in [0.717, 1.165) is 6.42 Å². The number of allylic oxidation sites excluding steroid dienone is 4. The molecule has 2 aromatic carbocycles. The Balaban J connectivity index is 2.20. The van der Waals surface area contributed by atoms with E-state index in [4.69, 9.17) is 0 Å². The Morgan fingerprint density at radius 2 is 1.89 bits per heavy atom. The molecule has 1 atom stereocenters. The summed E-state index contributed by atoms with van der Waals surface area (Å²) in [7, 11) is 0. The van der Waals surface area contributed by atoms with Gasteiger partial charge in [-0.05, 0) is 33.2 Å². The third-order valence-corrected chi connectivity index (χ3v) is 3.99. The van der Waals surface area contributed by atoms with Gasteiger partial charge in [0.05, 0.1) is 0 Å². The molecule has 0 aliphatic heterocycles. The quantitative estimate of drug-likeness (QED) is 0.653. The highest BCUT2D eigenvalue weighted by atomic mass is 14.2. The van der Waals surface area contributed by atoms with E-state index in [0.29, 0.717) is 5.92 Å². The zero-order chi connectivity index (χ0) is 11.9. The molecule has 0 bridgehead atoms. The standard InChI is InChI=1S/C18H14/c1-3-7-15-13(5-1)9-11-18-16-8-4-2-6-14(16)10-12-17(15)18/h1-9,11-12,14H,10H2. The molecule has 0 saturated heterocycles. The lowest BCUT2D eigenvalue weighted by molar-refractivity contribution is 0.864. The molecule has 2 aliphatic rings. The molecule has 0 nitrogen and oxygen atoms in total. The van der Waals surface area contributed by atoms with Gasteiger partial charge >= 0.3 is 0 Å². The monoisotopic (exact) mass is 230 g/mol. The number of benzene rings is 2. The minimum absolute atomic E-state index is 0.573. The SMILES string of the molecule is C1=CC2=c3ccc4ccccc4c3=CCC2C=C1. The van der Waals surface area contributed by atoms with Crippen LogP contribution >= 0.6 is 0 Å². The van der Waals surface area contributed by atoms with E-state index in [1.165, 1.54) is 26.8 Å². The Hall–Kier alpha value is -2.08. The third kappa shape index (κ3) is 1.32.